The molecule has 0 radical (unpaired) electrons. The second-order valence-electron chi connectivity index (χ2n) is 6.02. The zero-order valence-electron chi connectivity index (χ0n) is 13.1. The van der Waals surface area contributed by atoms with Crippen LogP contribution in [0.1, 0.15) is 67.5 Å². The predicted octanol–water partition coefficient (Wildman–Crippen LogP) is 3.65. The van der Waals surface area contributed by atoms with Crippen molar-refractivity contribution in [2.45, 2.75) is 65.1 Å². The molecule has 1 N–H and O–H groups in total. The van der Waals surface area contributed by atoms with E-state index in [0.717, 1.165) is 19.5 Å². The Balaban J connectivity index is 1.67. The molecule has 0 saturated carbocycles. The first kappa shape index (κ1) is 14.7. The van der Waals surface area contributed by atoms with Crippen LogP contribution in [0, 0.1) is 0 Å². The van der Waals surface area contributed by atoms with Gasteiger partial charge in [0.15, 0.2) is 0 Å². The molecule has 2 aromatic rings. The van der Waals surface area contributed by atoms with E-state index in [1.165, 1.54) is 34.8 Å². The molecule has 5 heteroatoms. The van der Waals surface area contributed by atoms with Gasteiger partial charge in [0.2, 0.25) is 0 Å². The highest BCUT2D eigenvalue weighted by Gasteiger charge is 2.23. The third kappa shape index (κ3) is 3.04. The second kappa shape index (κ2) is 6.28. The molecule has 21 heavy (non-hydrogen) atoms. The summed E-state index contributed by atoms with van der Waals surface area (Å²) in [7, 11) is 0. The predicted molar refractivity (Wildman–Crippen MR) is 86.6 cm³/mol. The third-order valence-corrected chi connectivity index (χ3v) is 5.35. The number of hydrogen-bond donors (Lipinski definition) is 1. The molecule has 1 aliphatic carbocycles. The van der Waals surface area contributed by atoms with Crippen LogP contribution in [0.15, 0.2) is 11.6 Å². The van der Waals surface area contributed by atoms with Gasteiger partial charge in [0, 0.05) is 41.7 Å². The van der Waals surface area contributed by atoms with Crippen molar-refractivity contribution in [2.75, 3.05) is 0 Å². The number of fused-ring (bicyclic) bond motifs is 1. The molecule has 0 aromatic carbocycles. The van der Waals surface area contributed by atoms with E-state index < -0.39 is 0 Å². The SMILES string of the molecule is CCn1ncc2c1CCC[C@H]2NCc1csc(C(C)C)n1. The molecule has 0 spiro atoms. The van der Waals surface area contributed by atoms with Crippen molar-refractivity contribution >= 4 is 11.3 Å². The molecule has 4 nitrogen and oxygen atoms in total. The van der Waals surface area contributed by atoms with Crippen LogP contribution in [0.3, 0.4) is 0 Å². The van der Waals surface area contributed by atoms with Crippen molar-refractivity contribution in [3.63, 3.8) is 0 Å². The van der Waals surface area contributed by atoms with Gasteiger partial charge in [-0.05, 0) is 26.2 Å². The van der Waals surface area contributed by atoms with Gasteiger partial charge in [0.1, 0.15) is 0 Å². The smallest absolute Gasteiger partial charge is 0.0954 e. The average Bonchev–Trinajstić information content (AvgIpc) is 3.11. The lowest BCUT2D eigenvalue weighted by atomic mass is 9.93. The van der Waals surface area contributed by atoms with Crippen LogP contribution in [-0.4, -0.2) is 14.8 Å². The minimum Gasteiger partial charge on any atom is -0.304 e. The topological polar surface area (TPSA) is 42.7 Å². The summed E-state index contributed by atoms with van der Waals surface area (Å²) in [6.45, 7) is 8.37. The number of thiazole rings is 1. The highest BCUT2D eigenvalue weighted by molar-refractivity contribution is 7.09. The van der Waals surface area contributed by atoms with E-state index in [4.69, 9.17) is 4.98 Å². The van der Waals surface area contributed by atoms with Gasteiger partial charge in [-0.15, -0.1) is 11.3 Å². The van der Waals surface area contributed by atoms with E-state index >= 15 is 0 Å². The van der Waals surface area contributed by atoms with Crippen LogP contribution >= 0.6 is 11.3 Å². The van der Waals surface area contributed by atoms with Crippen molar-refractivity contribution in [3.8, 4) is 0 Å². The van der Waals surface area contributed by atoms with Gasteiger partial charge in [0.25, 0.3) is 0 Å². The normalized spacial score (nSPS) is 18.2. The lowest BCUT2D eigenvalue weighted by Gasteiger charge is -2.24. The number of nitrogens with zero attached hydrogens (tertiary/aromatic N) is 3. The number of nitrogens with one attached hydrogen (secondary N) is 1. The Morgan fingerprint density at radius 3 is 3.05 bits per heavy atom. The lowest BCUT2D eigenvalue weighted by Crippen LogP contribution is -2.25. The third-order valence-electron chi connectivity index (χ3n) is 4.16. The fourth-order valence-corrected chi connectivity index (χ4v) is 3.83. The number of rotatable bonds is 5. The monoisotopic (exact) mass is 304 g/mol. The van der Waals surface area contributed by atoms with Crippen LogP contribution in [0.5, 0.6) is 0 Å². The Bertz CT molecular complexity index is 599. The van der Waals surface area contributed by atoms with Gasteiger partial charge in [-0.1, -0.05) is 13.8 Å². The maximum Gasteiger partial charge on any atom is 0.0954 e. The molecular weight excluding hydrogens is 280 g/mol. The van der Waals surface area contributed by atoms with E-state index in [-0.39, 0.29) is 0 Å². The molecule has 0 amide bonds. The maximum atomic E-state index is 4.71. The van der Waals surface area contributed by atoms with Crippen LogP contribution < -0.4 is 5.32 Å². The van der Waals surface area contributed by atoms with Crippen molar-refractivity contribution in [3.05, 3.63) is 33.5 Å². The summed E-state index contributed by atoms with van der Waals surface area (Å²) in [6, 6.07) is 0.429. The van der Waals surface area contributed by atoms with Crippen molar-refractivity contribution in [1.29, 1.82) is 0 Å². The summed E-state index contributed by atoms with van der Waals surface area (Å²) in [6.07, 6.45) is 5.65. The van der Waals surface area contributed by atoms with Crippen LogP contribution in [0.25, 0.3) is 0 Å². The summed E-state index contributed by atoms with van der Waals surface area (Å²) in [4.78, 5) is 4.71. The van der Waals surface area contributed by atoms with E-state index in [2.05, 4.69) is 47.4 Å². The summed E-state index contributed by atoms with van der Waals surface area (Å²) < 4.78 is 2.14. The van der Waals surface area contributed by atoms with Gasteiger partial charge in [-0.3, -0.25) is 4.68 Å². The molecule has 3 rings (SSSR count). The van der Waals surface area contributed by atoms with E-state index in [1.54, 1.807) is 11.3 Å². The van der Waals surface area contributed by atoms with Gasteiger partial charge < -0.3 is 5.32 Å². The molecule has 0 saturated heterocycles. The van der Waals surface area contributed by atoms with E-state index in [9.17, 15) is 0 Å². The molecule has 0 unspecified atom stereocenters. The largest absolute Gasteiger partial charge is 0.304 e. The molecule has 1 atom stereocenters. The molecule has 114 valence electrons. The molecule has 2 aromatic heterocycles. The van der Waals surface area contributed by atoms with Crippen LogP contribution in [-0.2, 0) is 19.5 Å². The molecule has 0 fully saturated rings. The Labute approximate surface area is 130 Å². The average molecular weight is 304 g/mol. The lowest BCUT2D eigenvalue weighted by molar-refractivity contribution is 0.446. The Kier molecular flexibility index (Phi) is 4.40. The molecule has 2 heterocycles. The summed E-state index contributed by atoms with van der Waals surface area (Å²) in [5.74, 6) is 0.521. The van der Waals surface area contributed by atoms with Gasteiger partial charge in [-0.2, -0.15) is 5.10 Å². The van der Waals surface area contributed by atoms with Crippen molar-refractivity contribution in [1.82, 2.24) is 20.1 Å². The second-order valence-corrected chi connectivity index (χ2v) is 6.91. The fraction of sp³-hybridized carbons (Fsp3) is 0.625. The summed E-state index contributed by atoms with van der Waals surface area (Å²) in [5, 5.41) is 11.6. The minimum absolute atomic E-state index is 0.429. The van der Waals surface area contributed by atoms with Gasteiger partial charge >= 0.3 is 0 Å². The first-order valence-corrected chi connectivity index (χ1v) is 8.79. The van der Waals surface area contributed by atoms with Crippen molar-refractivity contribution in [2.24, 2.45) is 0 Å². The number of aryl methyl sites for hydroxylation is 1. The zero-order chi connectivity index (χ0) is 14.8. The fourth-order valence-electron chi connectivity index (χ4n) is 3.00. The number of aromatic nitrogens is 3. The van der Waals surface area contributed by atoms with Crippen LogP contribution in [0.4, 0.5) is 0 Å². The van der Waals surface area contributed by atoms with E-state index in [0.29, 0.717) is 12.0 Å². The van der Waals surface area contributed by atoms with E-state index in [1.807, 2.05) is 0 Å². The van der Waals surface area contributed by atoms with Crippen molar-refractivity contribution < 1.29 is 0 Å². The summed E-state index contributed by atoms with van der Waals surface area (Å²) in [5.41, 5.74) is 3.98. The maximum absolute atomic E-state index is 4.71. The molecular formula is C16H24N4S. The molecule has 0 aliphatic heterocycles. The first-order chi connectivity index (χ1) is 10.2. The molecule has 1 aliphatic rings. The Morgan fingerprint density at radius 2 is 2.33 bits per heavy atom. The number of hydrogen-bond acceptors (Lipinski definition) is 4. The van der Waals surface area contributed by atoms with Gasteiger partial charge in [-0.25, -0.2) is 4.98 Å². The standard InChI is InChI=1S/C16H24N4S/c1-4-20-15-7-5-6-14(13(15)9-18-20)17-8-12-10-21-16(19-12)11(2)3/h9-11,14,17H,4-8H2,1-3H3/t14-/m1/s1. The zero-order valence-corrected chi connectivity index (χ0v) is 13.9. The minimum atomic E-state index is 0.429. The highest BCUT2D eigenvalue weighted by atomic mass is 32.1. The Morgan fingerprint density at radius 1 is 1.48 bits per heavy atom. The molecule has 0 bridgehead atoms. The quantitative estimate of drug-likeness (QED) is 0.917. The highest BCUT2D eigenvalue weighted by Crippen LogP contribution is 2.30. The van der Waals surface area contributed by atoms with Gasteiger partial charge in [0.05, 0.1) is 16.9 Å². The summed E-state index contributed by atoms with van der Waals surface area (Å²) >= 11 is 1.77. The first-order valence-electron chi connectivity index (χ1n) is 7.91. The van der Waals surface area contributed by atoms with Crippen LogP contribution in [0.2, 0.25) is 0 Å². The Hall–Kier alpha value is -1.20.